The fraction of sp³-hybridized carbons (Fsp3) is 0.712. The zero-order chi connectivity index (χ0) is 57.1. The smallest absolute Gasteiger partial charge is 0.306 e. The summed E-state index contributed by atoms with van der Waals surface area (Å²) in [6.07, 6.45) is 90.9. The summed E-state index contributed by atoms with van der Waals surface area (Å²) in [4.78, 5) is 38.3. The number of rotatable bonds is 60. The molecule has 0 rings (SSSR count). The van der Waals surface area contributed by atoms with Crippen molar-refractivity contribution in [2.75, 3.05) is 13.2 Å². The summed E-state index contributed by atoms with van der Waals surface area (Å²) in [5.74, 6) is -0.884. The van der Waals surface area contributed by atoms with Crippen molar-refractivity contribution in [3.63, 3.8) is 0 Å². The fourth-order valence-electron chi connectivity index (χ4n) is 9.28. The molecule has 0 aromatic rings. The normalized spacial score (nSPS) is 12.8. The molecule has 0 N–H and O–H groups in total. The lowest BCUT2D eigenvalue weighted by atomic mass is 10.0. The first-order valence-electron chi connectivity index (χ1n) is 33.4. The monoisotopic (exact) mass is 1100 g/mol. The van der Waals surface area contributed by atoms with Crippen molar-refractivity contribution in [3.8, 4) is 0 Å². The number of carbonyl (C=O) groups is 3. The number of hydrogen-bond donors (Lipinski definition) is 0. The van der Waals surface area contributed by atoms with E-state index in [0.717, 1.165) is 122 Å². The highest BCUT2D eigenvalue weighted by atomic mass is 16.6. The van der Waals surface area contributed by atoms with Gasteiger partial charge in [-0.1, -0.05) is 297 Å². The number of unbranched alkanes of at least 4 members (excludes halogenated alkanes) is 31. The minimum atomic E-state index is -0.785. The molecule has 0 aromatic carbocycles. The molecular formula is C73H124O6. The van der Waals surface area contributed by atoms with E-state index in [9.17, 15) is 14.4 Å². The Labute approximate surface area is 489 Å². The van der Waals surface area contributed by atoms with E-state index in [0.29, 0.717) is 19.3 Å². The average Bonchev–Trinajstić information content (AvgIpc) is 3.45. The predicted molar refractivity (Wildman–Crippen MR) is 343 cm³/mol. The van der Waals surface area contributed by atoms with Crippen LogP contribution in [0.25, 0.3) is 0 Å². The SMILES string of the molecule is CC/C=C\C/C=C\C/C=C\C/C=C\C/C=C\C/C=C\C/C=C\CCCCCCCCCCCC(=O)OCC(COC(=O)CCCCCCCCCCCCCCC)OC(=O)CCCCCCCCC/C=C\C/C=C\CCCCC. The van der Waals surface area contributed by atoms with Gasteiger partial charge in [-0.2, -0.15) is 0 Å². The van der Waals surface area contributed by atoms with Crippen molar-refractivity contribution in [2.24, 2.45) is 0 Å². The third kappa shape index (κ3) is 64.8. The van der Waals surface area contributed by atoms with Gasteiger partial charge in [-0.25, -0.2) is 0 Å². The Morgan fingerprint density at radius 3 is 0.797 bits per heavy atom. The molecule has 0 aliphatic heterocycles. The van der Waals surface area contributed by atoms with Crippen LogP contribution in [0.4, 0.5) is 0 Å². The quantitative estimate of drug-likeness (QED) is 0.0261. The van der Waals surface area contributed by atoms with Gasteiger partial charge in [0.1, 0.15) is 13.2 Å². The Kier molecular flexibility index (Phi) is 63.3. The van der Waals surface area contributed by atoms with Crippen LogP contribution in [0.15, 0.2) is 109 Å². The highest BCUT2D eigenvalue weighted by Crippen LogP contribution is 2.16. The van der Waals surface area contributed by atoms with E-state index in [1.54, 1.807) is 0 Å². The number of ether oxygens (including phenoxy) is 3. The molecule has 452 valence electrons. The Hall–Kier alpha value is -3.93. The highest BCUT2D eigenvalue weighted by Gasteiger charge is 2.19. The summed E-state index contributed by atoms with van der Waals surface area (Å²) in [6.45, 7) is 6.51. The first-order valence-corrected chi connectivity index (χ1v) is 33.4. The lowest BCUT2D eigenvalue weighted by molar-refractivity contribution is -0.167. The summed E-state index contributed by atoms with van der Waals surface area (Å²) in [6, 6.07) is 0. The predicted octanol–water partition coefficient (Wildman–Crippen LogP) is 23.0. The minimum absolute atomic E-state index is 0.0804. The number of allylic oxidation sites excluding steroid dienone is 18. The Morgan fingerprint density at radius 1 is 0.266 bits per heavy atom. The van der Waals surface area contributed by atoms with Crippen LogP contribution in [0, 0.1) is 0 Å². The van der Waals surface area contributed by atoms with Gasteiger partial charge >= 0.3 is 17.9 Å². The molecule has 0 fully saturated rings. The van der Waals surface area contributed by atoms with Gasteiger partial charge in [0.25, 0.3) is 0 Å². The molecule has 0 heterocycles. The van der Waals surface area contributed by atoms with E-state index in [-0.39, 0.29) is 31.1 Å². The lowest BCUT2D eigenvalue weighted by Crippen LogP contribution is -2.30. The van der Waals surface area contributed by atoms with Crippen LogP contribution in [0.2, 0.25) is 0 Å². The summed E-state index contributed by atoms with van der Waals surface area (Å²) in [7, 11) is 0. The molecule has 1 atom stereocenters. The van der Waals surface area contributed by atoms with Crippen LogP contribution < -0.4 is 0 Å². The Bertz CT molecular complexity index is 1590. The molecule has 0 aliphatic carbocycles. The van der Waals surface area contributed by atoms with Crippen LogP contribution in [0.3, 0.4) is 0 Å². The van der Waals surface area contributed by atoms with Crippen LogP contribution in [-0.4, -0.2) is 37.2 Å². The fourth-order valence-corrected chi connectivity index (χ4v) is 9.28. The second kappa shape index (κ2) is 66.6. The molecule has 6 heteroatoms. The zero-order valence-electron chi connectivity index (χ0n) is 51.9. The molecule has 1 unspecified atom stereocenters. The van der Waals surface area contributed by atoms with Gasteiger partial charge in [0.05, 0.1) is 0 Å². The molecule has 0 amide bonds. The highest BCUT2D eigenvalue weighted by molar-refractivity contribution is 5.71. The van der Waals surface area contributed by atoms with Crippen molar-refractivity contribution in [1.29, 1.82) is 0 Å². The van der Waals surface area contributed by atoms with Crippen molar-refractivity contribution < 1.29 is 28.6 Å². The maximum absolute atomic E-state index is 12.9. The molecule has 0 saturated heterocycles. The number of hydrogen-bond acceptors (Lipinski definition) is 6. The van der Waals surface area contributed by atoms with E-state index in [4.69, 9.17) is 14.2 Å². The molecule has 6 nitrogen and oxygen atoms in total. The molecule has 79 heavy (non-hydrogen) atoms. The molecule has 0 saturated carbocycles. The molecule has 0 radical (unpaired) electrons. The van der Waals surface area contributed by atoms with E-state index in [1.165, 1.54) is 154 Å². The largest absolute Gasteiger partial charge is 0.462 e. The standard InChI is InChI=1S/C73H124O6/c1-4-7-10-13-16-19-22-25-27-29-30-31-32-33-34-35-36-37-38-39-40-41-42-44-45-48-51-54-57-60-63-66-72(75)78-69-70(68-77-71(74)65-62-59-56-53-50-47-24-21-18-15-12-9-6-3)79-73(76)67-64-61-58-55-52-49-46-43-28-26-23-20-17-14-11-8-5-2/h7,10,16-17,19-20,25-28,30-31,33-34,36-37,39-40,70H,4-6,8-9,11-15,18,21-24,29,32,35,38,41-69H2,1-3H3/b10-7-,19-16-,20-17-,27-25-,28-26-,31-30-,34-33-,37-36-,40-39-. The molecule has 0 aliphatic rings. The lowest BCUT2D eigenvalue weighted by Gasteiger charge is -2.18. The van der Waals surface area contributed by atoms with Crippen molar-refractivity contribution >= 4 is 17.9 Å². The van der Waals surface area contributed by atoms with Gasteiger partial charge < -0.3 is 14.2 Å². The van der Waals surface area contributed by atoms with Gasteiger partial charge in [-0.3, -0.25) is 14.4 Å². The maximum Gasteiger partial charge on any atom is 0.306 e. The van der Waals surface area contributed by atoms with E-state index >= 15 is 0 Å². The topological polar surface area (TPSA) is 78.9 Å². The van der Waals surface area contributed by atoms with Gasteiger partial charge in [0, 0.05) is 19.3 Å². The van der Waals surface area contributed by atoms with Gasteiger partial charge in [0.15, 0.2) is 6.10 Å². The van der Waals surface area contributed by atoms with Gasteiger partial charge in [-0.15, -0.1) is 0 Å². The Balaban J connectivity index is 4.28. The molecular weight excluding hydrogens is 973 g/mol. The first kappa shape index (κ1) is 75.1. The van der Waals surface area contributed by atoms with Crippen LogP contribution in [0.1, 0.15) is 316 Å². The zero-order valence-corrected chi connectivity index (χ0v) is 51.9. The van der Waals surface area contributed by atoms with Crippen molar-refractivity contribution in [2.45, 2.75) is 322 Å². The van der Waals surface area contributed by atoms with Crippen molar-refractivity contribution in [1.82, 2.24) is 0 Å². The van der Waals surface area contributed by atoms with Gasteiger partial charge in [-0.05, 0) is 109 Å². The molecule has 0 aromatic heterocycles. The third-order valence-electron chi connectivity index (χ3n) is 14.3. The summed E-state index contributed by atoms with van der Waals surface area (Å²) in [5, 5.41) is 0. The van der Waals surface area contributed by atoms with E-state index in [1.807, 2.05) is 0 Å². The van der Waals surface area contributed by atoms with E-state index < -0.39 is 6.10 Å². The summed E-state index contributed by atoms with van der Waals surface area (Å²) in [5.41, 5.74) is 0. The summed E-state index contributed by atoms with van der Waals surface area (Å²) < 4.78 is 16.9. The second-order valence-electron chi connectivity index (χ2n) is 22.0. The average molecular weight is 1100 g/mol. The van der Waals surface area contributed by atoms with Crippen LogP contribution >= 0.6 is 0 Å². The van der Waals surface area contributed by atoms with Crippen LogP contribution in [0.5, 0.6) is 0 Å². The first-order chi connectivity index (χ1) is 39.0. The maximum atomic E-state index is 12.9. The molecule has 0 spiro atoms. The van der Waals surface area contributed by atoms with E-state index in [2.05, 4.69) is 130 Å². The second-order valence-corrected chi connectivity index (χ2v) is 22.0. The van der Waals surface area contributed by atoms with Crippen molar-refractivity contribution in [3.05, 3.63) is 109 Å². The number of esters is 3. The minimum Gasteiger partial charge on any atom is -0.462 e. The van der Waals surface area contributed by atoms with Gasteiger partial charge in [0.2, 0.25) is 0 Å². The number of carbonyl (C=O) groups excluding carboxylic acids is 3. The molecule has 0 bridgehead atoms. The Morgan fingerprint density at radius 2 is 0.494 bits per heavy atom. The third-order valence-corrected chi connectivity index (χ3v) is 14.3. The van der Waals surface area contributed by atoms with Crippen LogP contribution in [-0.2, 0) is 28.6 Å². The summed E-state index contributed by atoms with van der Waals surface area (Å²) >= 11 is 0.